The van der Waals surface area contributed by atoms with Crippen LogP contribution in [0.4, 0.5) is 10.7 Å². The number of thiophene rings is 1. The maximum Gasteiger partial charge on any atom is 0.348 e. The first-order valence-electron chi connectivity index (χ1n) is 8.42. The van der Waals surface area contributed by atoms with Crippen LogP contribution in [0.2, 0.25) is 5.02 Å². The number of carbonyl (C=O) groups is 1. The van der Waals surface area contributed by atoms with Crippen molar-refractivity contribution < 1.29 is 14.6 Å². The fourth-order valence-electron chi connectivity index (χ4n) is 2.71. The lowest BCUT2D eigenvalue weighted by molar-refractivity contribution is 0.0531. The maximum absolute atomic E-state index is 12.2. The quantitative estimate of drug-likeness (QED) is 0.209. The fraction of sp³-hybridized carbons (Fsp3) is 0.167. The first-order valence-corrected chi connectivity index (χ1v) is 10.8. The van der Waals surface area contributed by atoms with Crippen LogP contribution in [0.15, 0.2) is 34.5 Å². The van der Waals surface area contributed by atoms with E-state index in [0.29, 0.717) is 41.0 Å². The van der Waals surface area contributed by atoms with Gasteiger partial charge < -0.3 is 9.84 Å². The summed E-state index contributed by atoms with van der Waals surface area (Å²) < 4.78 is 6.90. The predicted molar refractivity (Wildman–Crippen MR) is 117 cm³/mol. The summed E-state index contributed by atoms with van der Waals surface area (Å²) in [4.78, 5) is 18.3. The molecule has 29 heavy (non-hydrogen) atoms. The highest BCUT2D eigenvalue weighted by molar-refractivity contribution is 7.71. The summed E-state index contributed by atoms with van der Waals surface area (Å²) in [6.45, 7) is 3.83. The molecule has 0 unspecified atom stereocenters. The Morgan fingerprint density at radius 1 is 1.31 bits per heavy atom. The second-order valence-electron chi connectivity index (χ2n) is 5.90. The van der Waals surface area contributed by atoms with Crippen LogP contribution in [0.3, 0.4) is 0 Å². The summed E-state index contributed by atoms with van der Waals surface area (Å²) >= 11 is 13.8. The van der Waals surface area contributed by atoms with Crippen LogP contribution in [0.5, 0.6) is 5.88 Å². The van der Waals surface area contributed by atoms with E-state index in [1.807, 2.05) is 0 Å². The molecule has 0 aliphatic carbocycles. The predicted octanol–water partition coefficient (Wildman–Crippen LogP) is 6.60. The summed E-state index contributed by atoms with van der Waals surface area (Å²) in [5, 5.41) is 20.4. The topological polar surface area (TPSA) is 88.5 Å². The van der Waals surface area contributed by atoms with E-state index >= 15 is 0 Å². The zero-order valence-electron chi connectivity index (χ0n) is 15.2. The lowest BCUT2D eigenvalue weighted by atomic mass is 10.2. The van der Waals surface area contributed by atoms with Gasteiger partial charge in [-0.3, -0.25) is 0 Å². The summed E-state index contributed by atoms with van der Waals surface area (Å²) in [7, 11) is 0. The standard InChI is InChI=1S/C18H13ClN4O3S3/c1-3-26-17(25)12-8(2)11-13(28-12)20-18-23(16(11)27)15(24)14(29-18)22-21-10-6-4-9(19)5-7-10/h4-7,24H,3H2,1-2H3. The molecular formula is C18H13ClN4O3S3. The number of azo groups is 1. The molecule has 0 radical (unpaired) electrons. The van der Waals surface area contributed by atoms with Crippen LogP contribution in [0.1, 0.15) is 22.2 Å². The second kappa shape index (κ2) is 7.79. The molecule has 0 bridgehead atoms. The van der Waals surface area contributed by atoms with Gasteiger partial charge in [-0.25, -0.2) is 14.2 Å². The lowest BCUT2D eigenvalue weighted by Crippen LogP contribution is -2.03. The number of aromatic hydroxyl groups is 1. The van der Waals surface area contributed by atoms with Crippen LogP contribution < -0.4 is 0 Å². The highest BCUT2D eigenvalue weighted by Crippen LogP contribution is 2.40. The van der Waals surface area contributed by atoms with Gasteiger partial charge in [0.2, 0.25) is 15.8 Å². The Labute approximate surface area is 182 Å². The Morgan fingerprint density at radius 2 is 2.03 bits per heavy atom. The van der Waals surface area contributed by atoms with Gasteiger partial charge in [-0.05, 0) is 43.7 Å². The summed E-state index contributed by atoms with van der Waals surface area (Å²) in [5.41, 5.74) is 1.28. The van der Waals surface area contributed by atoms with Gasteiger partial charge in [0.25, 0.3) is 0 Å². The van der Waals surface area contributed by atoms with Gasteiger partial charge in [0, 0.05) is 5.02 Å². The highest BCUT2D eigenvalue weighted by atomic mass is 35.5. The molecule has 0 saturated heterocycles. The molecule has 0 atom stereocenters. The Hall–Kier alpha value is -2.40. The van der Waals surface area contributed by atoms with E-state index in [2.05, 4.69) is 15.2 Å². The number of halogens is 1. The van der Waals surface area contributed by atoms with Crippen LogP contribution >= 0.6 is 46.5 Å². The Morgan fingerprint density at radius 3 is 2.72 bits per heavy atom. The van der Waals surface area contributed by atoms with E-state index in [9.17, 15) is 9.90 Å². The number of aromatic nitrogens is 2. The number of nitrogens with zero attached hydrogens (tertiary/aromatic N) is 4. The highest BCUT2D eigenvalue weighted by Gasteiger charge is 2.22. The molecule has 0 amide bonds. The largest absolute Gasteiger partial charge is 0.492 e. The van der Waals surface area contributed by atoms with Gasteiger partial charge >= 0.3 is 5.97 Å². The number of ether oxygens (including phenoxy) is 1. The molecule has 0 fully saturated rings. The summed E-state index contributed by atoms with van der Waals surface area (Å²) in [5.74, 6) is -0.553. The first-order chi connectivity index (χ1) is 13.9. The number of hydrogen-bond acceptors (Lipinski definition) is 9. The third-order valence-electron chi connectivity index (χ3n) is 4.07. The average Bonchev–Trinajstić information content (AvgIpc) is 3.19. The van der Waals surface area contributed by atoms with Crippen LogP contribution in [0.25, 0.3) is 15.2 Å². The molecule has 11 heteroatoms. The second-order valence-corrected chi connectivity index (χ2v) is 8.68. The number of rotatable bonds is 4. The van der Waals surface area contributed by atoms with Crippen molar-refractivity contribution in [2.75, 3.05) is 6.61 Å². The van der Waals surface area contributed by atoms with Crippen molar-refractivity contribution in [2.24, 2.45) is 10.2 Å². The Bertz CT molecular complexity index is 1340. The van der Waals surface area contributed by atoms with Crippen molar-refractivity contribution in [3.05, 3.63) is 44.4 Å². The first kappa shape index (κ1) is 19.9. The minimum Gasteiger partial charge on any atom is -0.492 e. The number of carbonyl (C=O) groups excluding carboxylic acids is 1. The van der Waals surface area contributed by atoms with Crippen molar-refractivity contribution >= 4 is 78.3 Å². The van der Waals surface area contributed by atoms with E-state index in [-0.39, 0.29) is 17.5 Å². The molecular weight excluding hydrogens is 452 g/mol. The van der Waals surface area contributed by atoms with Crippen molar-refractivity contribution in [2.45, 2.75) is 13.8 Å². The molecule has 1 aromatic carbocycles. The summed E-state index contributed by atoms with van der Waals surface area (Å²) in [6.07, 6.45) is 0. The molecule has 4 aromatic rings. The van der Waals surface area contributed by atoms with Crippen LogP contribution in [0, 0.1) is 11.6 Å². The van der Waals surface area contributed by atoms with E-state index in [0.717, 1.165) is 11.3 Å². The van der Waals surface area contributed by atoms with Gasteiger partial charge in [0.15, 0.2) is 0 Å². The normalized spacial score (nSPS) is 11.7. The molecule has 3 aromatic heterocycles. The molecule has 0 aliphatic heterocycles. The van der Waals surface area contributed by atoms with E-state index in [1.165, 1.54) is 15.7 Å². The molecule has 0 spiro atoms. The number of aryl methyl sites for hydroxylation is 1. The molecule has 7 nitrogen and oxygen atoms in total. The van der Waals surface area contributed by atoms with E-state index in [1.54, 1.807) is 38.1 Å². The molecule has 4 rings (SSSR count). The Balaban J connectivity index is 1.83. The van der Waals surface area contributed by atoms with Gasteiger partial charge in [-0.15, -0.1) is 21.6 Å². The van der Waals surface area contributed by atoms with Gasteiger partial charge in [-0.1, -0.05) is 35.2 Å². The smallest absolute Gasteiger partial charge is 0.348 e. The van der Waals surface area contributed by atoms with Crippen molar-refractivity contribution in [3.63, 3.8) is 0 Å². The van der Waals surface area contributed by atoms with E-state index in [4.69, 9.17) is 28.6 Å². The average molecular weight is 465 g/mol. The Kier molecular flexibility index (Phi) is 5.34. The molecule has 148 valence electrons. The SMILES string of the molecule is CCOC(=O)c1sc2nc3sc(N=Nc4ccc(Cl)cc4)c(O)n3c(=S)c2c1C. The van der Waals surface area contributed by atoms with Gasteiger partial charge in [0.05, 0.1) is 17.7 Å². The number of benzene rings is 1. The summed E-state index contributed by atoms with van der Waals surface area (Å²) in [6, 6.07) is 6.85. The van der Waals surface area contributed by atoms with Gasteiger partial charge in [-0.2, -0.15) is 0 Å². The third kappa shape index (κ3) is 3.52. The minimum absolute atomic E-state index is 0.148. The number of hydrogen-bond donors (Lipinski definition) is 1. The van der Waals surface area contributed by atoms with Crippen molar-refractivity contribution in [3.8, 4) is 5.88 Å². The zero-order valence-corrected chi connectivity index (χ0v) is 18.4. The molecule has 0 saturated carbocycles. The van der Waals surface area contributed by atoms with Gasteiger partial charge in [0.1, 0.15) is 14.3 Å². The zero-order chi connectivity index (χ0) is 20.7. The molecule has 1 N–H and O–H groups in total. The number of thiazole rings is 1. The van der Waals surface area contributed by atoms with Crippen LogP contribution in [-0.4, -0.2) is 27.1 Å². The van der Waals surface area contributed by atoms with Crippen LogP contribution in [-0.2, 0) is 4.74 Å². The minimum atomic E-state index is -0.405. The fourth-order valence-corrected chi connectivity index (χ4v) is 5.36. The molecule has 3 heterocycles. The number of esters is 1. The monoisotopic (exact) mass is 464 g/mol. The number of fused-ring (bicyclic) bond motifs is 2. The molecule has 0 aliphatic rings. The third-order valence-corrected chi connectivity index (χ3v) is 6.79. The maximum atomic E-state index is 12.2. The lowest BCUT2D eigenvalue weighted by Gasteiger charge is -2.00. The van der Waals surface area contributed by atoms with Crippen molar-refractivity contribution in [1.29, 1.82) is 0 Å². The van der Waals surface area contributed by atoms with Crippen molar-refractivity contribution in [1.82, 2.24) is 9.38 Å². The van der Waals surface area contributed by atoms with E-state index < -0.39 is 5.97 Å².